The Labute approximate surface area is 121 Å². The molecule has 3 aromatic rings. The number of carbonyl (C=O) groups is 1. The van der Waals surface area contributed by atoms with E-state index in [1.54, 1.807) is 31.4 Å². The monoisotopic (exact) mass is 282 g/mol. The fourth-order valence-corrected chi connectivity index (χ4v) is 1.99. The van der Waals surface area contributed by atoms with Gasteiger partial charge in [0.25, 0.3) is 5.91 Å². The number of nitrogens with one attached hydrogen (secondary N) is 2. The summed E-state index contributed by atoms with van der Waals surface area (Å²) >= 11 is 0. The quantitative estimate of drug-likeness (QED) is 0.765. The van der Waals surface area contributed by atoms with Crippen LogP contribution in [0.15, 0.2) is 48.7 Å². The molecule has 0 radical (unpaired) electrons. The van der Waals surface area contributed by atoms with Gasteiger partial charge in [0.1, 0.15) is 5.75 Å². The molecular formula is C15H14N4O2. The second-order valence-electron chi connectivity index (χ2n) is 4.42. The van der Waals surface area contributed by atoms with Crippen LogP contribution in [0.5, 0.6) is 5.75 Å². The number of fused-ring (bicyclic) bond motifs is 1. The van der Waals surface area contributed by atoms with E-state index in [2.05, 4.69) is 20.3 Å². The minimum Gasteiger partial charge on any atom is -0.473 e. The van der Waals surface area contributed by atoms with Crippen molar-refractivity contribution in [3.63, 3.8) is 0 Å². The summed E-state index contributed by atoms with van der Waals surface area (Å²) in [6.45, 7) is 0. The van der Waals surface area contributed by atoms with Gasteiger partial charge >= 0.3 is 0 Å². The summed E-state index contributed by atoms with van der Waals surface area (Å²) in [4.78, 5) is 23.6. The summed E-state index contributed by atoms with van der Waals surface area (Å²) in [5, 5.41) is 2.58. The van der Waals surface area contributed by atoms with Crippen LogP contribution in [-0.2, 0) is 4.79 Å². The first-order valence-electron chi connectivity index (χ1n) is 6.52. The standard InChI is InChI=1S/C15H14N4O2/c1-16-15(20)12(21-10-6-3-2-4-7-10)14-18-11-8-5-9-17-13(11)19-14/h2-9,12H,1H3,(H,16,20)(H,17,18,19). The minimum atomic E-state index is -0.855. The molecular weight excluding hydrogens is 268 g/mol. The SMILES string of the molecule is CNC(=O)C(Oc1ccccc1)c1nc2ncccc2[nH]1. The fraction of sp³-hybridized carbons (Fsp3) is 0.133. The zero-order valence-electron chi connectivity index (χ0n) is 11.4. The van der Waals surface area contributed by atoms with Crippen LogP contribution in [0.25, 0.3) is 11.2 Å². The molecule has 0 saturated heterocycles. The number of hydrogen-bond donors (Lipinski definition) is 2. The predicted molar refractivity (Wildman–Crippen MR) is 77.8 cm³/mol. The second-order valence-corrected chi connectivity index (χ2v) is 4.42. The van der Waals surface area contributed by atoms with Crippen molar-refractivity contribution in [1.82, 2.24) is 20.3 Å². The summed E-state index contributed by atoms with van der Waals surface area (Å²) < 4.78 is 5.75. The van der Waals surface area contributed by atoms with Crippen LogP contribution in [0.1, 0.15) is 11.9 Å². The number of carbonyl (C=O) groups excluding carboxylic acids is 1. The third-order valence-electron chi connectivity index (χ3n) is 3.01. The van der Waals surface area contributed by atoms with Crippen LogP contribution in [0.2, 0.25) is 0 Å². The molecule has 1 amide bonds. The first-order valence-corrected chi connectivity index (χ1v) is 6.52. The van der Waals surface area contributed by atoms with Gasteiger partial charge in [-0.25, -0.2) is 9.97 Å². The number of rotatable bonds is 4. The minimum absolute atomic E-state index is 0.280. The third-order valence-corrected chi connectivity index (χ3v) is 3.01. The van der Waals surface area contributed by atoms with Crippen molar-refractivity contribution in [3.8, 4) is 5.75 Å². The number of para-hydroxylation sites is 1. The van der Waals surface area contributed by atoms with Gasteiger partial charge in [-0.2, -0.15) is 0 Å². The van der Waals surface area contributed by atoms with Crippen molar-refractivity contribution in [1.29, 1.82) is 0 Å². The summed E-state index contributed by atoms with van der Waals surface area (Å²) in [5.74, 6) is 0.740. The van der Waals surface area contributed by atoms with E-state index < -0.39 is 6.10 Å². The molecule has 0 aliphatic heterocycles. The molecule has 3 rings (SSSR count). The van der Waals surface area contributed by atoms with E-state index in [0.29, 0.717) is 17.2 Å². The maximum atomic E-state index is 12.1. The van der Waals surface area contributed by atoms with Gasteiger partial charge in [0, 0.05) is 13.2 Å². The zero-order valence-corrected chi connectivity index (χ0v) is 11.4. The normalized spacial score (nSPS) is 12.0. The number of hydrogen-bond acceptors (Lipinski definition) is 4. The molecule has 1 aromatic carbocycles. The number of amides is 1. The van der Waals surface area contributed by atoms with Crippen molar-refractivity contribution in [2.75, 3.05) is 7.05 Å². The Bertz CT molecular complexity index is 721. The van der Waals surface area contributed by atoms with E-state index in [1.165, 1.54) is 0 Å². The summed E-state index contributed by atoms with van der Waals surface area (Å²) in [6.07, 6.45) is 0.798. The molecule has 2 aromatic heterocycles. The van der Waals surface area contributed by atoms with Gasteiger partial charge in [-0.05, 0) is 24.3 Å². The fourth-order valence-electron chi connectivity index (χ4n) is 1.99. The smallest absolute Gasteiger partial charge is 0.268 e. The first-order chi connectivity index (χ1) is 10.3. The lowest BCUT2D eigenvalue weighted by molar-refractivity contribution is -0.128. The number of nitrogens with zero attached hydrogens (tertiary/aromatic N) is 2. The zero-order chi connectivity index (χ0) is 14.7. The molecule has 0 bridgehead atoms. The average Bonchev–Trinajstić information content (AvgIpc) is 2.96. The van der Waals surface area contributed by atoms with Crippen LogP contribution >= 0.6 is 0 Å². The van der Waals surface area contributed by atoms with Gasteiger partial charge in [-0.3, -0.25) is 4.79 Å². The first kappa shape index (κ1) is 13.1. The average molecular weight is 282 g/mol. The lowest BCUT2D eigenvalue weighted by atomic mass is 10.3. The molecule has 1 atom stereocenters. The van der Waals surface area contributed by atoms with Crippen molar-refractivity contribution >= 4 is 17.1 Å². The van der Waals surface area contributed by atoms with E-state index in [1.807, 2.05) is 24.3 Å². The Balaban J connectivity index is 1.97. The highest BCUT2D eigenvalue weighted by Gasteiger charge is 2.25. The Kier molecular flexibility index (Phi) is 3.51. The molecule has 0 fully saturated rings. The number of H-pyrrole nitrogens is 1. The van der Waals surface area contributed by atoms with Gasteiger partial charge in [0.05, 0.1) is 5.52 Å². The molecule has 6 heteroatoms. The second kappa shape index (κ2) is 5.62. The molecule has 1 unspecified atom stereocenters. The van der Waals surface area contributed by atoms with Gasteiger partial charge in [-0.15, -0.1) is 0 Å². The number of aromatic amines is 1. The summed E-state index contributed by atoms with van der Waals surface area (Å²) in [5.41, 5.74) is 1.32. The van der Waals surface area contributed by atoms with E-state index >= 15 is 0 Å². The highest BCUT2D eigenvalue weighted by molar-refractivity contribution is 5.82. The number of likely N-dealkylation sites (N-methyl/N-ethyl adjacent to an activating group) is 1. The van der Waals surface area contributed by atoms with E-state index in [0.717, 1.165) is 5.52 Å². The number of pyridine rings is 1. The molecule has 2 heterocycles. The molecule has 106 valence electrons. The van der Waals surface area contributed by atoms with Crippen LogP contribution in [-0.4, -0.2) is 27.9 Å². The van der Waals surface area contributed by atoms with E-state index in [-0.39, 0.29) is 5.91 Å². The Morgan fingerprint density at radius 1 is 1.24 bits per heavy atom. The lowest BCUT2D eigenvalue weighted by Crippen LogP contribution is -2.30. The van der Waals surface area contributed by atoms with Gasteiger partial charge in [0.2, 0.25) is 6.10 Å². The molecule has 0 spiro atoms. The van der Waals surface area contributed by atoms with E-state index in [4.69, 9.17) is 4.74 Å². The predicted octanol–water partition coefficient (Wildman–Crippen LogP) is 1.82. The Morgan fingerprint density at radius 3 is 2.76 bits per heavy atom. The van der Waals surface area contributed by atoms with Gasteiger partial charge in [-0.1, -0.05) is 18.2 Å². The topological polar surface area (TPSA) is 79.9 Å². The van der Waals surface area contributed by atoms with Crippen molar-refractivity contribution in [2.45, 2.75) is 6.10 Å². The molecule has 21 heavy (non-hydrogen) atoms. The van der Waals surface area contributed by atoms with Crippen LogP contribution in [0.4, 0.5) is 0 Å². The maximum absolute atomic E-state index is 12.1. The third kappa shape index (κ3) is 2.69. The number of imidazole rings is 1. The van der Waals surface area contributed by atoms with Crippen LogP contribution in [0, 0.1) is 0 Å². The molecule has 0 saturated carbocycles. The van der Waals surface area contributed by atoms with Crippen LogP contribution < -0.4 is 10.1 Å². The molecule has 0 aliphatic carbocycles. The molecule has 6 nitrogen and oxygen atoms in total. The summed E-state index contributed by atoms with van der Waals surface area (Å²) in [6, 6.07) is 12.8. The number of benzene rings is 1. The van der Waals surface area contributed by atoms with Gasteiger partial charge in [0.15, 0.2) is 11.5 Å². The van der Waals surface area contributed by atoms with Crippen molar-refractivity contribution in [2.24, 2.45) is 0 Å². The van der Waals surface area contributed by atoms with Crippen molar-refractivity contribution in [3.05, 3.63) is 54.5 Å². The van der Waals surface area contributed by atoms with E-state index in [9.17, 15) is 4.79 Å². The van der Waals surface area contributed by atoms with Crippen LogP contribution in [0.3, 0.4) is 0 Å². The van der Waals surface area contributed by atoms with Crippen molar-refractivity contribution < 1.29 is 9.53 Å². The highest BCUT2D eigenvalue weighted by Crippen LogP contribution is 2.21. The summed E-state index contributed by atoms with van der Waals surface area (Å²) in [7, 11) is 1.56. The molecule has 0 aliphatic rings. The number of ether oxygens (including phenoxy) is 1. The highest BCUT2D eigenvalue weighted by atomic mass is 16.5. The lowest BCUT2D eigenvalue weighted by Gasteiger charge is -2.15. The molecule has 2 N–H and O–H groups in total. The van der Waals surface area contributed by atoms with Gasteiger partial charge < -0.3 is 15.0 Å². The Morgan fingerprint density at radius 2 is 2.05 bits per heavy atom. The largest absolute Gasteiger partial charge is 0.473 e. The Hall–Kier alpha value is -2.89. The number of aromatic nitrogens is 3. The maximum Gasteiger partial charge on any atom is 0.268 e.